The topological polar surface area (TPSA) is 81.2 Å². The molecule has 6 nitrogen and oxygen atoms in total. The Labute approximate surface area is 131 Å². The molecule has 2 aliphatic rings. The minimum absolute atomic E-state index is 0.0625. The molecular formula is C16H26N4O2. The smallest absolute Gasteiger partial charge is 0.251 e. The summed E-state index contributed by atoms with van der Waals surface area (Å²) in [5.74, 6) is 1.05. The standard InChI is InChI=1S/C16H26N4O2/c1-12-18-14(9-15(21)19-12)13-3-7-20(8-4-13)11-16(22)5-2-6-17-10-16/h9,13,17,22H,2-8,10-11H2,1H3,(H,18,19,21). The van der Waals surface area contributed by atoms with Crippen LogP contribution in [0.25, 0.3) is 0 Å². The molecule has 1 atom stereocenters. The minimum atomic E-state index is -0.580. The number of H-pyrrole nitrogens is 1. The predicted molar refractivity (Wildman–Crippen MR) is 85.1 cm³/mol. The molecule has 0 saturated carbocycles. The molecule has 122 valence electrons. The van der Waals surface area contributed by atoms with E-state index in [1.807, 2.05) is 6.92 Å². The van der Waals surface area contributed by atoms with E-state index in [9.17, 15) is 9.90 Å². The fraction of sp³-hybridized carbons (Fsp3) is 0.750. The molecule has 1 aromatic heterocycles. The molecule has 3 rings (SSSR count). The molecule has 2 saturated heterocycles. The third-order valence-corrected chi connectivity index (χ3v) is 4.85. The van der Waals surface area contributed by atoms with Crippen molar-refractivity contribution in [2.45, 2.75) is 44.1 Å². The van der Waals surface area contributed by atoms with Crippen molar-refractivity contribution in [2.75, 3.05) is 32.7 Å². The Morgan fingerprint density at radius 2 is 2.23 bits per heavy atom. The Kier molecular flexibility index (Phi) is 4.61. The Morgan fingerprint density at radius 1 is 1.45 bits per heavy atom. The summed E-state index contributed by atoms with van der Waals surface area (Å²) in [7, 11) is 0. The molecule has 3 N–H and O–H groups in total. The molecule has 1 unspecified atom stereocenters. The average molecular weight is 306 g/mol. The number of aromatic nitrogens is 2. The highest BCUT2D eigenvalue weighted by Crippen LogP contribution is 2.27. The highest BCUT2D eigenvalue weighted by atomic mass is 16.3. The van der Waals surface area contributed by atoms with Crippen LogP contribution < -0.4 is 10.9 Å². The normalized spacial score (nSPS) is 27.9. The summed E-state index contributed by atoms with van der Waals surface area (Å²) in [5, 5.41) is 13.9. The molecule has 0 spiro atoms. The van der Waals surface area contributed by atoms with Crippen LogP contribution in [0.5, 0.6) is 0 Å². The number of piperidine rings is 2. The summed E-state index contributed by atoms with van der Waals surface area (Å²) in [6.07, 6.45) is 3.93. The highest BCUT2D eigenvalue weighted by Gasteiger charge is 2.33. The van der Waals surface area contributed by atoms with Crippen LogP contribution in [-0.4, -0.2) is 58.3 Å². The fourth-order valence-corrected chi connectivity index (χ4v) is 3.70. The van der Waals surface area contributed by atoms with Crippen molar-refractivity contribution >= 4 is 0 Å². The average Bonchev–Trinajstić information content (AvgIpc) is 2.47. The second-order valence-corrected chi connectivity index (χ2v) is 6.81. The number of aromatic amines is 1. The molecule has 6 heteroatoms. The first-order chi connectivity index (χ1) is 10.5. The van der Waals surface area contributed by atoms with Gasteiger partial charge in [0, 0.05) is 25.1 Å². The number of hydrogen-bond donors (Lipinski definition) is 3. The van der Waals surface area contributed by atoms with E-state index in [1.165, 1.54) is 0 Å². The molecular weight excluding hydrogens is 280 g/mol. The van der Waals surface area contributed by atoms with Crippen LogP contribution in [-0.2, 0) is 0 Å². The second kappa shape index (κ2) is 6.48. The summed E-state index contributed by atoms with van der Waals surface area (Å²) in [6, 6.07) is 1.63. The Hall–Kier alpha value is -1.24. The number of hydrogen-bond acceptors (Lipinski definition) is 5. The quantitative estimate of drug-likeness (QED) is 0.752. The molecule has 2 fully saturated rings. The van der Waals surface area contributed by atoms with Crippen LogP contribution >= 0.6 is 0 Å². The van der Waals surface area contributed by atoms with Gasteiger partial charge in [-0.25, -0.2) is 4.98 Å². The zero-order chi connectivity index (χ0) is 15.6. The van der Waals surface area contributed by atoms with E-state index in [0.29, 0.717) is 18.3 Å². The van der Waals surface area contributed by atoms with Crippen LogP contribution in [0, 0.1) is 6.92 Å². The van der Waals surface area contributed by atoms with E-state index >= 15 is 0 Å². The zero-order valence-corrected chi connectivity index (χ0v) is 13.3. The lowest BCUT2D eigenvalue weighted by molar-refractivity contribution is -0.0204. The van der Waals surface area contributed by atoms with Gasteiger partial charge >= 0.3 is 0 Å². The fourth-order valence-electron chi connectivity index (χ4n) is 3.70. The summed E-state index contributed by atoms with van der Waals surface area (Å²) < 4.78 is 0. The summed E-state index contributed by atoms with van der Waals surface area (Å²) in [4.78, 5) is 21.1. The van der Waals surface area contributed by atoms with E-state index in [4.69, 9.17) is 0 Å². The maximum Gasteiger partial charge on any atom is 0.251 e. The van der Waals surface area contributed by atoms with Gasteiger partial charge in [0.2, 0.25) is 0 Å². The maximum atomic E-state index is 11.6. The summed E-state index contributed by atoms with van der Waals surface area (Å²) in [6.45, 7) is 6.20. The van der Waals surface area contributed by atoms with Gasteiger partial charge in [-0.3, -0.25) is 4.79 Å². The summed E-state index contributed by atoms with van der Waals surface area (Å²) >= 11 is 0. The largest absolute Gasteiger partial charge is 0.387 e. The van der Waals surface area contributed by atoms with E-state index < -0.39 is 5.60 Å². The van der Waals surface area contributed by atoms with Crippen LogP contribution in [0.1, 0.15) is 43.1 Å². The molecule has 0 aliphatic carbocycles. The SMILES string of the molecule is Cc1nc(C2CCN(CC3(O)CCCNC3)CC2)cc(=O)[nH]1. The lowest BCUT2D eigenvalue weighted by Crippen LogP contribution is -2.54. The van der Waals surface area contributed by atoms with Crippen molar-refractivity contribution in [1.29, 1.82) is 0 Å². The lowest BCUT2D eigenvalue weighted by Gasteiger charge is -2.40. The van der Waals surface area contributed by atoms with Gasteiger partial charge in [-0.1, -0.05) is 0 Å². The van der Waals surface area contributed by atoms with Gasteiger partial charge in [0.05, 0.1) is 11.3 Å². The van der Waals surface area contributed by atoms with Gasteiger partial charge in [-0.2, -0.15) is 0 Å². The highest BCUT2D eigenvalue weighted by molar-refractivity contribution is 5.09. The van der Waals surface area contributed by atoms with Crippen molar-refractivity contribution in [2.24, 2.45) is 0 Å². The number of likely N-dealkylation sites (tertiary alicyclic amines) is 1. The number of nitrogens with zero attached hydrogens (tertiary/aromatic N) is 2. The molecule has 0 bridgehead atoms. The molecule has 22 heavy (non-hydrogen) atoms. The van der Waals surface area contributed by atoms with Gasteiger partial charge in [0.15, 0.2) is 0 Å². The monoisotopic (exact) mass is 306 g/mol. The molecule has 1 aromatic rings. The van der Waals surface area contributed by atoms with E-state index in [2.05, 4.69) is 20.2 Å². The van der Waals surface area contributed by atoms with E-state index in [-0.39, 0.29) is 5.56 Å². The van der Waals surface area contributed by atoms with Crippen LogP contribution in [0.3, 0.4) is 0 Å². The first kappa shape index (κ1) is 15.6. The molecule has 0 radical (unpaired) electrons. The van der Waals surface area contributed by atoms with Crippen molar-refractivity contribution in [3.8, 4) is 0 Å². The Morgan fingerprint density at radius 3 is 2.86 bits per heavy atom. The molecule has 2 aliphatic heterocycles. The molecule has 3 heterocycles. The number of nitrogens with one attached hydrogen (secondary N) is 2. The summed E-state index contributed by atoms with van der Waals surface area (Å²) in [5.41, 5.74) is 0.274. The third kappa shape index (κ3) is 3.74. The van der Waals surface area contributed by atoms with Gasteiger partial charge < -0.3 is 20.3 Å². The number of β-amino-alcohol motifs (C(OH)–C–C–N with tert-alkyl or cyclic N) is 1. The van der Waals surface area contributed by atoms with Crippen molar-refractivity contribution in [3.05, 3.63) is 27.9 Å². The Bertz CT molecular complexity index is 558. The van der Waals surface area contributed by atoms with Crippen LogP contribution in [0.2, 0.25) is 0 Å². The van der Waals surface area contributed by atoms with Crippen molar-refractivity contribution in [1.82, 2.24) is 20.2 Å². The lowest BCUT2D eigenvalue weighted by atomic mass is 9.90. The first-order valence-corrected chi connectivity index (χ1v) is 8.27. The van der Waals surface area contributed by atoms with Crippen LogP contribution in [0.15, 0.2) is 10.9 Å². The predicted octanol–water partition coefficient (Wildman–Crippen LogP) is 0.372. The molecule has 0 amide bonds. The minimum Gasteiger partial charge on any atom is -0.387 e. The third-order valence-electron chi connectivity index (χ3n) is 4.85. The van der Waals surface area contributed by atoms with Gasteiger partial charge in [0.1, 0.15) is 5.82 Å². The number of aryl methyl sites for hydroxylation is 1. The van der Waals surface area contributed by atoms with Crippen LogP contribution in [0.4, 0.5) is 0 Å². The molecule has 0 aromatic carbocycles. The number of rotatable bonds is 3. The maximum absolute atomic E-state index is 11.6. The van der Waals surface area contributed by atoms with E-state index in [0.717, 1.165) is 57.6 Å². The van der Waals surface area contributed by atoms with Crippen molar-refractivity contribution < 1.29 is 5.11 Å². The Balaban J connectivity index is 1.57. The zero-order valence-electron chi connectivity index (χ0n) is 13.3. The van der Waals surface area contributed by atoms with Gasteiger partial charge in [-0.05, 0) is 52.2 Å². The first-order valence-electron chi connectivity index (χ1n) is 8.27. The van der Waals surface area contributed by atoms with E-state index in [1.54, 1.807) is 6.07 Å². The second-order valence-electron chi connectivity index (χ2n) is 6.81. The number of aliphatic hydroxyl groups is 1. The van der Waals surface area contributed by atoms with Gasteiger partial charge in [0.25, 0.3) is 5.56 Å². The van der Waals surface area contributed by atoms with Crippen molar-refractivity contribution in [3.63, 3.8) is 0 Å². The van der Waals surface area contributed by atoms with Gasteiger partial charge in [-0.15, -0.1) is 0 Å².